The summed E-state index contributed by atoms with van der Waals surface area (Å²) in [7, 11) is 0. The lowest BCUT2D eigenvalue weighted by atomic mass is 10.0. The summed E-state index contributed by atoms with van der Waals surface area (Å²) in [5, 5.41) is 13.7. The van der Waals surface area contributed by atoms with Crippen LogP contribution in [0.1, 0.15) is 46.3 Å². The summed E-state index contributed by atoms with van der Waals surface area (Å²) in [6, 6.07) is 5.45. The Bertz CT molecular complexity index is 1000. The van der Waals surface area contributed by atoms with Crippen molar-refractivity contribution in [3.63, 3.8) is 0 Å². The molecule has 146 valence electrons. The molecular formula is C20H19FN2O5. The van der Waals surface area contributed by atoms with Crippen LogP contribution in [0.15, 0.2) is 24.3 Å². The molecule has 0 spiro atoms. The van der Waals surface area contributed by atoms with Gasteiger partial charge in [0.25, 0.3) is 11.6 Å². The van der Waals surface area contributed by atoms with Crippen LogP contribution in [-0.4, -0.2) is 23.2 Å². The molecule has 0 unspecified atom stereocenters. The zero-order valence-corrected chi connectivity index (χ0v) is 15.7. The Balaban J connectivity index is 1.80. The molecule has 0 fully saturated rings. The van der Waals surface area contributed by atoms with E-state index in [1.54, 1.807) is 26.8 Å². The van der Waals surface area contributed by atoms with Gasteiger partial charge < -0.3 is 10.1 Å². The topological polar surface area (TPSA) is 98.5 Å². The highest BCUT2D eigenvalue weighted by Crippen LogP contribution is 2.39. The van der Waals surface area contributed by atoms with E-state index in [0.717, 1.165) is 5.56 Å². The van der Waals surface area contributed by atoms with Crippen molar-refractivity contribution in [3.05, 3.63) is 62.5 Å². The lowest BCUT2D eigenvalue weighted by Crippen LogP contribution is -2.22. The summed E-state index contributed by atoms with van der Waals surface area (Å²) in [5.74, 6) is -1.44. The number of ether oxygens (including phenoxy) is 1. The zero-order valence-electron chi connectivity index (χ0n) is 15.7. The number of aryl methyl sites for hydroxylation is 1. The molecule has 1 aliphatic carbocycles. The first-order valence-electron chi connectivity index (χ1n) is 8.73. The van der Waals surface area contributed by atoms with Gasteiger partial charge in [-0.3, -0.25) is 19.7 Å². The third-order valence-electron chi connectivity index (χ3n) is 4.95. The van der Waals surface area contributed by atoms with E-state index in [9.17, 15) is 24.1 Å². The third-order valence-corrected chi connectivity index (χ3v) is 4.95. The molecule has 0 heterocycles. The Labute approximate surface area is 160 Å². The van der Waals surface area contributed by atoms with Gasteiger partial charge in [-0.15, -0.1) is 0 Å². The number of carbonyl (C=O) groups excluding carboxylic acids is 2. The maximum atomic E-state index is 14.0. The summed E-state index contributed by atoms with van der Waals surface area (Å²) in [6.07, 6.45) is 0.188. The van der Waals surface area contributed by atoms with Crippen molar-refractivity contribution in [3.8, 4) is 5.75 Å². The smallest absolute Gasteiger partial charge is 0.293 e. The first-order chi connectivity index (χ1) is 13.2. The fourth-order valence-electron chi connectivity index (χ4n) is 3.38. The predicted octanol–water partition coefficient (Wildman–Crippen LogP) is 4.06. The molecule has 0 bridgehead atoms. The zero-order chi connectivity index (χ0) is 20.6. The van der Waals surface area contributed by atoms with Gasteiger partial charge in [-0.05, 0) is 43.0 Å². The maximum absolute atomic E-state index is 14.0. The number of rotatable bonds is 5. The minimum Gasteiger partial charge on any atom is -0.483 e. The van der Waals surface area contributed by atoms with Gasteiger partial charge in [0.15, 0.2) is 12.4 Å². The van der Waals surface area contributed by atoms with E-state index < -0.39 is 23.3 Å². The van der Waals surface area contributed by atoms with E-state index in [1.165, 1.54) is 18.2 Å². The van der Waals surface area contributed by atoms with Crippen LogP contribution in [0.3, 0.4) is 0 Å². The van der Waals surface area contributed by atoms with Crippen LogP contribution in [0.5, 0.6) is 5.75 Å². The van der Waals surface area contributed by atoms with Crippen molar-refractivity contribution in [1.82, 2.24) is 0 Å². The minimum absolute atomic E-state index is 0.104. The molecule has 0 aromatic heterocycles. The molecule has 1 aliphatic rings. The van der Waals surface area contributed by atoms with E-state index in [-0.39, 0.29) is 40.8 Å². The molecule has 28 heavy (non-hydrogen) atoms. The van der Waals surface area contributed by atoms with Crippen molar-refractivity contribution in [1.29, 1.82) is 0 Å². The normalized spacial score (nSPS) is 15.3. The molecule has 2 aromatic carbocycles. The summed E-state index contributed by atoms with van der Waals surface area (Å²) >= 11 is 0. The maximum Gasteiger partial charge on any atom is 0.293 e. The number of carbonyl (C=O) groups is 2. The number of nitrogens with one attached hydrogen (secondary N) is 1. The van der Waals surface area contributed by atoms with Crippen LogP contribution in [-0.2, 0) is 4.79 Å². The SMILES string of the molecule is Cc1ccc([N+](=O)[O-])c(NC(=O)COc2ccc(F)c3c2C(=O)C[C@@H]3C)c1C. The number of nitrogens with zero attached hydrogens (tertiary/aromatic N) is 1. The molecule has 7 nitrogen and oxygen atoms in total. The van der Waals surface area contributed by atoms with E-state index in [2.05, 4.69) is 5.32 Å². The fraction of sp³-hybridized carbons (Fsp3) is 0.300. The van der Waals surface area contributed by atoms with Crippen LogP contribution in [0, 0.1) is 29.8 Å². The van der Waals surface area contributed by atoms with Gasteiger partial charge in [0, 0.05) is 18.1 Å². The first kappa shape index (κ1) is 19.5. The van der Waals surface area contributed by atoms with Gasteiger partial charge in [0.1, 0.15) is 17.3 Å². The Morgan fingerprint density at radius 1 is 1.32 bits per heavy atom. The number of Topliss-reactive ketones (excluding diaryl/α,β-unsaturated/α-hetero) is 1. The van der Waals surface area contributed by atoms with E-state index in [1.807, 2.05) is 0 Å². The number of benzene rings is 2. The average molecular weight is 386 g/mol. The number of hydrogen-bond donors (Lipinski definition) is 1. The van der Waals surface area contributed by atoms with Gasteiger partial charge in [-0.1, -0.05) is 13.0 Å². The number of halogens is 1. The van der Waals surface area contributed by atoms with Crippen molar-refractivity contribution < 1.29 is 23.6 Å². The highest BCUT2D eigenvalue weighted by Gasteiger charge is 2.32. The Morgan fingerprint density at radius 2 is 2.04 bits per heavy atom. The number of nitro groups is 1. The monoisotopic (exact) mass is 386 g/mol. The minimum atomic E-state index is -0.617. The van der Waals surface area contributed by atoms with Crippen LogP contribution in [0.4, 0.5) is 15.8 Å². The molecule has 1 N–H and O–H groups in total. The lowest BCUT2D eigenvalue weighted by molar-refractivity contribution is -0.384. The molecule has 1 atom stereocenters. The lowest BCUT2D eigenvalue weighted by Gasteiger charge is -2.13. The number of amides is 1. The van der Waals surface area contributed by atoms with Crippen molar-refractivity contribution in [2.45, 2.75) is 33.1 Å². The van der Waals surface area contributed by atoms with Gasteiger partial charge in [-0.2, -0.15) is 0 Å². The largest absolute Gasteiger partial charge is 0.483 e. The summed E-state index contributed by atoms with van der Waals surface area (Å²) in [6.45, 7) is 4.73. The van der Waals surface area contributed by atoms with Gasteiger partial charge in [-0.25, -0.2) is 4.39 Å². The molecule has 8 heteroatoms. The second-order valence-electron chi connectivity index (χ2n) is 6.86. The first-order valence-corrected chi connectivity index (χ1v) is 8.73. The molecule has 0 aliphatic heterocycles. The summed E-state index contributed by atoms with van der Waals surface area (Å²) in [5.41, 5.74) is 1.72. The van der Waals surface area contributed by atoms with E-state index in [0.29, 0.717) is 11.1 Å². The van der Waals surface area contributed by atoms with Crippen LogP contribution in [0.25, 0.3) is 0 Å². The number of nitro benzene ring substituents is 1. The number of ketones is 1. The Kier molecular flexibility index (Phi) is 5.13. The fourth-order valence-corrected chi connectivity index (χ4v) is 3.38. The van der Waals surface area contributed by atoms with E-state index >= 15 is 0 Å². The van der Waals surface area contributed by atoms with Crippen LogP contribution in [0.2, 0.25) is 0 Å². The highest BCUT2D eigenvalue weighted by atomic mass is 19.1. The van der Waals surface area contributed by atoms with Crippen molar-refractivity contribution in [2.75, 3.05) is 11.9 Å². The van der Waals surface area contributed by atoms with Crippen LogP contribution >= 0.6 is 0 Å². The van der Waals surface area contributed by atoms with E-state index in [4.69, 9.17) is 4.74 Å². The van der Waals surface area contributed by atoms with Gasteiger partial charge >= 0.3 is 0 Å². The van der Waals surface area contributed by atoms with Crippen LogP contribution < -0.4 is 10.1 Å². The predicted molar refractivity (Wildman–Crippen MR) is 100 cm³/mol. The summed E-state index contributed by atoms with van der Waals surface area (Å²) in [4.78, 5) is 35.1. The number of fused-ring (bicyclic) bond motifs is 1. The standard InChI is InChI=1S/C20H19FN2O5/c1-10-4-6-14(23(26)27)20(12(10)3)22-17(25)9-28-16-7-5-13(21)18-11(2)8-15(24)19(16)18/h4-7,11H,8-9H2,1-3H3,(H,22,25)/t11-/m0/s1. The quantitative estimate of drug-likeness (QED) is 0.617. The second kappa shape index (κ2) is 7.38. The van der Waals surface area contributed by atoms with Crippen molar-refractivity contribution in [2.24, 2.45) is 0 Å². The second-order valence-corrected chi connectivity index (χ2v) is 6.86. The molecule has 0 saturated heterocycles. The molecule has 0 radical (unpaired) electrons. The molecule has 2 aromatic rings. The van der Waals surface area contributed by atoms with Gasteiger partial charge in [0.05, 0.1) is 10.5 Å². The molecule has 3 rings (SSSR count). The van der Waals surface area contributed by atoms with Gasteiger partial charge in [0.2, 0.25) is 0 Å². The molecule has 1 amide bonds. The summed E-state index contributed by atoms with van der Waals surface area (Å²) < 4.78 is 19.5. The third kappa shape index (κ3) is 3.45. The van der Waals surface area contributed by atoms with Crippen molar-refractivity contribution >= 4 is 23.1 Å². The number of anilines is 1. The molecular weight excluding hydrogens is 367 g/mol. The highest BCUT2D eigenvalue weighted by molar-refractivity contribution is 6.04. The average Bonchev–Trinajstić information content (AvgIpc) is 2.94. The number of hydrogen-bond acceptors (Lipinski definition) is 5. The Morgan fingerprint density at radius 3 is 2.71 bits per heavy atom. The Hall–Kier alpha value is -3.29. The molecule has 0 saturated carbocycles.